The SMILES string of the molecule is CCOc1ccc(N(CC(=O)N(Cc2cccc(Cl)c2)[C@H](Cc2ccccc2)C(=O)NC2CCCCC2)S(=O)(=O)c2ccc(SC)cc2)cc1. The topological polar surface area (TPSA) is 96.0 Å². The molecule has 1 N–H and O–H groups in total. The Bertz CT molecular complexity index is 1820. The molecule has 264 valence electrons. The van der Waals surface area contributed by atoms with Gasteiger partial charge >= 0.3 is 0 Å². The predicted molar refractivity (Wildman–Crippen MR) is 201 cm³/mol. The summed E-state index contributed by atoms with van der Waals surface area (Å²) >= 11 is 7.88. The number of rotatable bonds is 15. The number of amides is 2. The van der Waals surface area contributed by atoms with Crippen LogP contribution in [0.5, 0.6) is 5.75 Å². The van der Waals surface area contributed by atoms with Crippen LogP contribution in [0.4, 0.5) is 5.69 Å². The lowest BCUT2D eigenvalue weighted by atomic mass is 9.94. The quantitative estimate of drug-likeness (QED) is 0.126. The Kier molecular flexibility index (Phi) is 13.3. The van der Waals surface area contributed by atoms with Gasteiger partial charge < -0.3 is 15.0 Å². The molecule has 4 aromatic carbocycles. The normalized spacial score (nSPS) is 14.1. The lowest BCUT2D eigenvalue weighted by molar-refractivity contribution is -0.140. The Morgan fingerprint density at radius 2 is 1.58 bits per heavy atom. The molecule has 0 unspecified atom stereocenters. The average Bonchev–Trinajstić information content (AvgIpc) is 3.13. The number of hydrogen-bond acceptors (Lipinski definition) is 6. The zero-order chi connectivity index (χ0) is 35.5. The van der Waals surface area contributed by atoms with E-state index in [-0.39, 0.29) is 29.8 Å². The molecule has 0 aliphatic heterocycles. The van der Waals surface area contributed by atoms with E-state index in [2.05, 4.69) is 5.32 Å². The molecule has 8 nitrogen and oxygen atoms in total. The highest BCUT2D eigenvalue weighted by atomic mass is 35.5. The summed E-state index contributed by atoms with van der Waals surface area (Å²) in [6.45, 7) is 1.83. The number of ether oxygens (including phenoxy) is 1. The molecule has 0 radical (unpaired) electrons. The number of nitrogens with one attached hydrogen (secondary N) is 1. The van der Waals surface area contributed by atoms with Gasteiger partial charge in [0.15, 0.2) is 0 Å². The van der Waals surface area contributed by atoms with Gasteiger partial charge in [-0.2, -0.15) is 0 Å². The second kappa shape index (κ2) is 17.8. The summed E-state index contributed by atoms with van der Waals surface area (Å²) in [5.41, 5.74) is 1.90. The van der Waals surface area contributed by atoms with E-state index in [1.54, 1.807) is 66.7 Å². The average molecular weight is 734 g/mol. The van der Waals surface area contributed by atoms with Crippen molar-refractivity contribution >= 4 is 50.9 Å². The molecule has 1 saturated carbocycles. The van der Waals surface area contributed by atoms with Crippen molar-refractivity contribution in [3.63, 3.8) is 0 Å². The van der Waals surface area contributed by atoms with Crippen LogP contribution in [0.3, 0.4) is 0 Å². The van der Waals surface area contributed by atoms with E-state index >= 15 is 0 Å². The maximum absolute atomic E-state index is 14.8. The number of anilines is 1. The molecule has 0 heterocycles. The van der Waals surface area contributed by atoms with E-state index in [1.165, 1.54) is 16.7 Å². The largest absolute Gasteiger partial charge is 0.494 e. The summed E-state index contributed by atoms with van der Waals surface area (Å²) in [7, 11) is -4.23. The van der Waals surface area contributed by atoms with Gasteiger partial charge in [0, 0.05) is 28.9 Å². The minimum absolute atomic E-state index is 0.0163. The number of carbonyl (C=O) groups excluding carboxylic acids is 2. The van der Waals surface area contributed by atoms with Gasteiger partial charge in [0.1, 0.15) is 18.3 Å². The van der Waals surface area contributed by atoms with Crippen LogP contribution in [-0.2, 0) is 32.6 Å². The number of benzene rings is 4. The number of thioether (sulfide) groups is 1. The first-order valence-corrected chi connectivity index (χ1v) is 20.0. The van der Waals surface area contributed by atoms with Crippen LogP contribution >= 0.6 is 23.4 Å². The molecule has 0 aromatic heterocycles. The lowest BCUT2D eigenvalue weighted by Gasteiger charge is -2.35. The number of carbonyl (C=O) groups is 2. The highest BCUT2D eigenvalue weighted by Crippen LogP contribution is 2.29. The number of hydrogen-bond donors (Lipinski definition) is 1. The van der Waals surface area contributed by atoms with Gasteiger partial charge in [-0.05, 0) is 97.8 Å². The van der Waals surface area contributed by atoms with Crippen molar-refractivity contribution in [1.82, 2.24) is 10.2 Å². The maximum Gasteiger partial charge on any atom is 0.264 e. The molecule has 1 aliphatic carbocycles. The summed E-state index contributed by atoms with van der Waals surface area (Å²) < 4.78 is 35.5. The number of nitrogens with zero attached hydrogens (tertiary/aromatic N) is 2. The first kappa shape index (κ1) is 37.3. The third kappa shape index (κ3) is 9.83. The van der Waals surface area contributed by atoms with Gasteiger partial charge in [0.2, 0.25) is 11.8 Å². The Morgan fingerprint density at radius 1 is 0.900 bits per heavy atom. The Hall–Kier alpha value is -3.99. The fourth-order valence-corrected chi connectivity index (χ4v) is 8.24. The smallest absolute Gasteiger partial charge is 0.264 e. The molecule has 5 rings (SSSR count). The molecule has 11 heteroatoms. The van der Waals surface area contributed by atoms with Gasteiger partial charge in [-0.3, -0.25) is 13.9 Å². The minimum Gasteiger partial charge on any atom is -0.494 e. The molecule has 2 amide bonds. The van der Waals surface area contributed by atoms with E-state index in [0.29, 0.717) is 23.1 Å². The van der Waals surface area contributed by atoms with Crippen LogP contribution in [-0.4, -0.2) is 56.6 Å². The van der Waals surface area contributed by atoms with Gasteiger partial charge in [0.25, 0.3) is 10.0 Å². The summed E-state index contributed by atoms with van der Waals surface area (Å²) in [5.74, 6) is -0.212. The summed E-state index contributed by atoms with van der Waals surface area (Å²) in [4.78, 5) is 31.5. The third-order valence-corrected chi connectivity index (χ3v) is 11.6. The highest BCUT2D eigenvalue weighted by molar-refractivity contribution is 7.98. The zero-order valence-corrected chi connectivity index (χ0v) is 30.9. The standard InChI is InChI=1S/C39H44ClN3O5S2/c1-3-48-34-19-17-33(18-20-34)43(50(46,47)36-23-21-35(49-2)22-24-36)28-38(44)42(27-30-13-10-14-31(40)25-30)37(26-29-11-6-4-7-12-29)39(45)41-32-15-8-5-9-16-32/h4,6-7,10-14,17-25,32,37H,3,5,8-9,15-16,26-28H2,1-2H3,(H,41,45)/t37-/m1/s1. The molecule has 1 fully saturated rings. The second-order valence-corrected chi connectivity index (χ2v) is 15.5. The van der Waals surface area contributed by atoms with Crippen molar-refractivity contribution in [3.05, 3.63) is 119 Å². The van der Waals surface area contributed by atoms with Crippen LogP contribution in [0, 0.1) is 0 Å². The molecule has 4 aromatic rings. The van der Waals surface area contributed by atoms with Crippen LogP contribution in [0.15, 0.2) is 113 Å². The number of halogens is 1. The predicted octanol–water partition coefficient (Wildman–Crippen LogP) is 7.74. The van der Waals surface area contributed by atoms with Gasteiger partial charge in [-0.25, -0.2) is 8.42 Å². The van der Waals surface area contributed by atoms with Crippen molar-refractivity contribution in [3.8, 4) is 5.75 Å². The van der Waals surface area contributed by atoms with Crippen LogP contribution < -0.4 is 14.4 Å². The van der Waals surface area contributed by atoms with E-state index in [1.807, 2.05) is 49.6 Å². The molecule has 50 heavy (non-hydrogen) atoms. The molecule has 0 spiro atoms. The zero-order valence-electron chi connectivity index (χ0n) is 28.5. The van der Waals surface area contributed by atoms with Crippen molar-refractivity contribution in [2.75, 3.05) is 23.7 Å². The third-order valence-electron chi connectivity index (χ3n) is 8.83. The molecular formula is C39H44ClN3O5S2. The molecule has 0 bridgehead atoms. The van der Waals surface area contributed by atoms with E-state index in [4.69, 9.17) is 16.3 Å². The molecular weight excluding hydrogens is 690 g/mol. The Balaban J connectivity index is 1.56. The van der Waals surface area contributed by atoms with Crippen LogP contribution in [0.2, 0.25) is 5.02 Å². The van der Waals surface area contributed by atoms with Crippen molar-refractivity contribution in [1.29, 1.82) is 0 Å². The first-order valence-electron chi connectivity index (χ1n) is 17.0. The molecule has 1 atom stereocenters. The van der Waals surface area contributed by atoms with Crippen molar-refractivity contribution in [2.24, 2.45) is 0 Å². The van der Waals surface area contributed by atoms with Gasteiger partial charge in [-0.15, -0.1) is 11.8 Å². The van der Waals surface area contributed by atoms with E-state index in [0.717, 1.165) is 52.4 Å². The van der Waals surface area contributed by atoms with Crippen LogP contribution in [0.25, 0.3) is 0 Å². The van der Waals surface area contributed by atoms with Gasteiger partial charge in [-0.1, -0.05) is 73.3 Å². The molecule has 1 aliphatic rings. The fraction of sp³-hybridized carbons (Fsp3) is 0.333. The monoisotopic (exact) mass is 733 g/mol. The fourth-order valence-electron chi connectivity index (χ4n) is 6.21. The summed E-state index contributed by atoms with van der Waals surface area (Å²) in [6, 6.07) is 29.0. The minimum atomic E-state index is -4.23. The first-order chi connectivity index (χ1) is 24.2. The van der Waals surface area contributed by atoms with E-state index < -0.39 is 28.5 Å². The van der Waals surface area contributed by atoms with Gasteiger partial charge in [0.05, 0.1) is 17.2 Å². The second-order valence-electron chi connectivity index (χ2n) is 12.3. The highest BCUT2D eigenvalue weighted by Gasteiger charge is 2.35. The molecule has 0 saturated heterocycles. The number of sulfonamides is 1. The maximum atomic E-state index is 14.8. The van der Waals surface area contributed by atoms with E-state index in [9.17, 15) is 18.0 Å². The van der Waals surface area contributed by atoms with Crippen molar-refractivity contribution < 1.29 is 22.7 Å². The van der Waals surface area contributed by atoms with Crippen molar-refractivity contribution in [2.45, 2.75) is 73.9 Å². The Labute approximate surface area is 305 Å². The lowest BCUT2D eigenvalue weighted by Crippen LogP contribution is -2.55. The summed E-state index contributed by atoms with van der Waals surface area (Å²) in [5, 5.41) is 3.73. The van der Waals surface area contributed by atoms with Crippen LogP contribution in [0.1, 0.15) is 50.2 Å². The summed E-state index contributed by atoms with van der Waals surface area (Å²) in [6.07, 6.45) is 7.13. The Morgan fingerprint density at radius 3 is 2.22 bits per heavy atom.